The van der Waals surface area contributed by atoms with Gasteiger partial charge in [0.1, 0.15) is 12.4 Å². The van der Waals surface area contributed by atoms with Crippen LogP contribution in [0.1, 0.15) is 18.1 Å². The molecule has 0 heterocycles. The number of nitrogens with one attached hydrogen (secondary N) is 1. The van der Waals surface area contributed by atoms with E-state index >= 15 is 0 Å². The maximum Gasteiger partial charge on any atom is 0.121 e. The molecule has 106 valence electrons. The lowest BCUT2D eigenvalue weighted by atomic mass is 10.1. The highest BCUT2D eigenvalue weighted by atomic mass is 35.5. The summed E-state index contributed by atoms with van der Waals surface area (Å²) < 4.78 is 5.78. The minimum atomic E-state index is 0.505. The predicted octanol–water partition coefficient (Wildman–Crippen LogP) is 4.68. The van der Waals surface area contributed by atoms with Gasteiger partial charge in [0.05, 0.1) is 10.0 Å². The number of halogens is 2. The highest BCUT2D eigenvalue weighted by molar-refractivity contribution is 6.42. The van der Waals surface area contributed by atoms with Gasteiger partial charge in [-0.05, 0) is 29.8 Å². The van der Waals surface area contributed by atoms with Crippen molar-refractivity contribution < 1.29 is 4.74 Å². The third-order valence-corrected chi connectivity index (χ3v) is 3.71. The fourth-order valence-electron chi connectivity index (χ4n) is 1.86. The first-order chi connectivity index (χ1) is 9.70. The largest absolute Gasteiger partial charge is 0.489 e. The van der Waals surface area contributed by atoms with Gasteiger partial charge in [0.2, 0.25) is 0 Å². The van der Waals surface area contributed by atoms with Crippen LogP contribution in [0, 0.1) is 0 Å². The van der Waals surface area contributed by atoms with Gasteiger partial charge in [-0.1, -0.05) is 54.4 Å². The molecular weight excluding hydrogens is 293 g/mol. The Labute approximate surface area is 129 Å². The molecule has 0 saturated carbocycles. The number of hydrogen-bond donors (Lipinski definition) is 1. The zero-order valence-corrected chi connectivity index (χ0v) is 12.8. The van der Waals surface area contributed by atoms with E-state index in [-0.39, 0.29) is 0 Å². The van der Waals surface area contributed by atoms with Crippen molar-refractivity contribution in [1.82, 2.24) is 5.32 Å². The van der Waals surface area contributed by atoms with E-state index in [9.17, 15) is 0 Å². The molecule has 1 N–H and O–H groups in total. The Bertz CT molecular complexity index is 572. The molecule has 0 spiro atoms. The van der Waals surface area contributed by atoms with Gasteiger partial charge in [-0.15, -0.1) is 0 Å². The van der Waals surface area contributed by atoms with Crippen LogP contribution in [0.2, 0.25) is 10.0 Å². The van der Waals surface area contributed by atoms with Crippen LogP contribution in [0.25, 0.3) is 0 Å². The number of rotatable bonds is 6. The summed E-state index contributed by atoms with van der Waals surface area (Å²) in [6, 6.07) is 13.5. The smallest absolute Gasteiger partial charge is 0.121 e. The number of ether oxygens (including phenoxy) is 1. The summed E-state index contributed by atoms with van der Waals surface area (Å²) in [4.78, 5) is 0. The molecule has 2 aromatic carbocycles. The van der Waals surface area contributed by atoms with Crippen molar-refractivity contribution in [3.63, 3.8) is 0 Å². The van der Waals surface area contributed by atoms with Crippen molar-refractivity contribution in [2.45, 2.75) is 20.1 Å². The highest BCUT2D eigenvalue weighted by Crippen LogP contribution is 2.27. The van der Waals surface area contributed by atoms with E-state index < -0.39 is 0 Å². The summed E-state index contributed by atoms with van der Waals surface area (Å²) in [5.74, 6) is 0.720. The van der Waals surface area contributed by atoms with Crippen LogP contribution in [0.5, 0.6) is 5.75 Å². The molecule has 0 aliphatic heterocycles. The molecule has 20 heavy (non-hydrogen) atoms. The van der Waals surface area contributed by atoms with E-state index in [4.69, 9.17) is 27.9 Å². The van der Waals surface area contributed by atoms with Crippen molar-refractivity contribution in [1.29, 1.82) is 0 Å². The van der Waals surface area contributed by atoms with Gasteiger partial charge >= 0.3 is 0 Å². The summed E-state index contributed by atoms with van der Waals surface area (Å²) in [5.41, 5.74) is 2.41. The standard InChI is InChI=1S/C16H17Cl2NO/c1-2-19-10-12-5-3-4-6-13(12)11-20-14-7-8-15(17)16(18)9-14/h3-9,19H,2,10-11H2,1H3. The van der Waals surface area contributed by atoms with Crippen molar-refractivity contribution in [2.75, 3.05) is 6.54 Å². The molecule has 2 aromatic rings. The molecule has 0 atom stereocenters. The summed E-state index contributed by atoms with van der Waals surface area (Å²) in [7, 11) is 0. The third-order valence-electron chi connectivity index (χ3n) is 2.97. The van der Waals surface area contributed by atoms with E-state index in [0.29, 0.717) is 16.7 Å². The Hall–Kier alpha value is -1.22. The lowest BCUT2D eigenvalue weighted by Crippen LogP contribution is -2.13. The predicted molar refractivity (Wildman–Crippen MR) is 84.6 cm³/mol. The van der Waals surface area contributed by atoms with Gasteiger partial charge in [0, 0.05) is 12.6 Å². The SMILES string of the molecule is CCNCc1ccccc1COc1ccc(Cl)c(Cl)c1. The van der Waals surface area contributed by atoms with Crippen LogP contribution in [-0.4, -0.2) is 6.54 Å². The summed E-state index contributed by atoms with van der Waals surface area (Å²) in [6.45, 7) is 4.40. The molecule has 4 heteroatoms. The van der Waals surface area contributed by atoms with Crippen LogP contribution in [-0.2, 0) is 13.2 Å². The average Bonchev–Trinajstić information content (AvgIpc) is 2.47. The average molecular weight is 310 g/mol. The van der Waals surface area contributed by atoms with Gasteiger partial charge < -0.3 is 10.1 Å². The van der Waals surface area contributed by atoms with E-state index in [1.54, 1.807) is 12.1 Å². The maximum atomic E-state index is 5.97. The van der Waals surface area contributed by atoms with Crippen LogP contribution in [0.15, 0.2) is 42.5 Å². The van der Waals surface area contributed by atoms with Crippen molar-refractivity contribution >= 4 is 23.2 Å². The van der Waals surface area contributed by atoms with Crippen LogP contribution < -0.4 is 10.1 Å². The van der Waals surface area contributed by atoms with Crippen LogP contribution in [0.3, 0.4) is 0 Å². The normalized spacial score (nSPS) is 10.6. The zero-order valence-electron chi connectivity index (χ0n) is 11.3. The Kier molecular flexibility index (Phi) is 5.72. The second-order valence-corrected chi connectivity index (χ2v) is 5.23. The molecule has 0 radical (unpaired) electrons. The molecule has 0 aliphatic rings. The van der Waals surface area contributed by atoms with E-state index in [1.807, 2.05) is 18.2 Å². The molecule has 0 unspecified atom stereocenters. The van der Waals surface area contributed by atoms with Gasteiger partial charge in [-0.2, -0.15) is 0 Å². The quantitative estimate of drug-likeness (QED) is 0.836. The maximum absolute atomic E-state index is 5.97. The lowest BCUT2D eigenvalue weighted by molar-refractivity contribution is 0.304. The fraction of sp³-hybridized carbons (Fsp3) is 0.250. The Morgan fingerprint density at radius 1 is 1.00 bits per heavy atom. The van der Waals surface area contributed by atoms with Crippen molar-refractivity contribution in [2.24, 2.45) is 0 Å². The molecule has 2 rings (SSSR count). The first kappa shape index (κ1) is 15.2. The van der Waals surface area contributed by atoms with E-state index in [1.165, 1.54) is 11.1 Å². The van der Waals surface area contributed by atoms with Crippen molar-refractivity contribution in [3.8, 4) is 5.75 Å². The fourth-order valence-corrected chi connectivity index (χ4v) is 2.15. The molecule has 0 amide bonds. The Morgan fingerprint density at radius 2 is 1.75 bits per heavy atom. The van der Waals surface area contributed by atoms with E-state index in [0.717, 1.165) is 18.8 Å². The van der Waals surface area contributed by atoms with Gasteiger partial charge in [0.15, 0.2) is 0 Å². The monoisotopic (exact) mass is 309 g/mol. The number of hydrogen-bond acceptors (Lipinski definition) is 2. The molecule has 0 fully saturated rings. The first-order valence-corrected chi connectivity index (χ1v) is 7.31. The molecular formula is C16H17Cl2NO. The Morgan fingerprint density at radius 3 is 2.45 bits per heavy atom. The molecule has 0 aliphatic carbocycles. The summed E-state index contributed by atoms with van der Waals surface area (Å²) >= 11 is 11.9. The molecule has 0 bridgehead atoms. The van der Waals surface area contributed by atoms with Gasteiger partial charge in [-0.25, -0.2) is 0 Å². The minimum Gasteiger partial charge on any atom is -0.489 e. The molecule has 2 nitrogen and oxygen atoms in total. The second-order valence-electron chi connectivity index (χ2n) is 4.41. The molecule has 0 saturated heterocycles. The highest BCUT2D eigenvalue weighted by Gasteiger charge is 2.04. The minimum absolute atomic E-state index is 0.505. The van der Waals surface area contributed by atoms with E-state index in [2.05, 4.69) is 24.4 Å². The third kappa shape index (κ3) is 4.14. The van der Waals surface area contributed by atoms with Gasteiger partial charge in [-0.3, -0.25) is 0 Å². The van der Waals surface area contributed by atoms with Crippen molar-refractivity contribution in [3.05, 3.63) is 63.6 Å². The van der Waals surface area contributed by atoms with Crippen LogP contribution in [0.4, 0.5) is 0 Å². The van der Waals surface area contributed by atoms with Crippen LogP contribution >= 0.6 is 23.2 Å². The topological polar surface area (TPSA) is 21.3 Å². The Balaban J connectivity index is 2.04. The first-order valence-electron chi connectivity index (χ1n) is 6.56. The second kappa shape index (κ2) is 7.53. The summed E-state index contributed by atoms with van der Waals surface area (Å²) in [5, 5.41) is 4.36. The summed E-state index contributed by atoms with van der Waals surface area (Å²) in [6.07, 6.45) is 0. The number of benzene rings is 2. The van der Waals surface area contributed by atoms with Gasteiger partial charge in [0.25, 0.3) is 0 Å². The zero-order chi connectivity index (χ0) is 14.4. The molecule has 0 aromatic heterocycles. The lowest BCUT2D eigenvalue weighted by Gasteiger charge is -2.12.